The number of piperazine rings is 3. The van der Waals surface area contributed by atoms with Crippen LogP contribution in [0.2, 0.25) is 0 Å². The quantitative estimate of drug-likeness (QED) is 0.0311. The molecule has 4 heterocycles. The summed E-state index contributed by atoms with van der Waals surface area (Å²) >= 11 is 0. The number of nitrogens with one attached hydrogen (secondary N) is 6. The van der Waals surface area contributed by atoms with Crippen molar-refractivity contribution in [2.24, 2.45) is 17.6 Å². The van der Waals surface area contributed by atoms with E-state index in [1.807, 2.05) is 82.3 Å². The predicted octanol–water partition coefficient (Wildman–Crippen LogP) is -0.664. The fourth-order valence-electron chi connectivity index (χ4n) is 10.6. The van der Waals surface area contributed by atoms with Crippen LogP contribution in [-0.2, 0) is 60.8 Å². The van der Waals surface area contributed by atoms with Crippen LogP contribution < -0.4 is 32.3 Å². The number of likely N-dealkylation sites (N-methyl/N-ethyl adjacent to an activating group) is 2. The highest BCUT2D eigenvalue weighted by atomic mass is 16.2. The lowest BCUT2D eigenvalue weighted by Crippen LogP contribution is -2.75. The van der Waals surface area contributed by atoms with Gasteiger partial charge in [0.2, 0.25) is 0 Å². The lowest BCUT2D eigenvalue weighted by molar-refractivity contribution is -0.169. The van der Waals surface area contributed by atoms with E-state index in [1.54, 1.807) is 25.2 Å². The Kier molecular flexibility index (Phi) is 23.1. The molecular formula is C56H81N13O10. The third-order valence-electron chi connectivity index (χ3n) is 14.8. The van der Waals surface area contributed by atoms with Crippen molar-refractivity contribution in [2.75, 3.05) is 59.9 Å². The molecule has 5 amide bonds. The van der Waals surface area contributed by atoms with Gasteiger partial charge in [0.25, 0.3) is 29.5 Å². The minimum Gasteiger partial charge on any atom is -0.361 e. The summed E-state index contributed by atoms with van der Waals surface area (Å²) in [6.07, 6.45) is -0.184. The smallest absolute Gasteiger partial charge is 0.262 e. The predicted molar refractivity (Wildman–Crippen MR) is 295 cm³/mol. The van der Waals surface area contributed by atoms with Crippen molar-refractivity contribution in [3.63, 3.8) is 0 Å². The van der Waals surface area contributed by atoms with Crippen molar-refractivity contribution in [1.29, 1.82) is 0 Å². The summed E-state index contributed by atoms with van der Waals surface area (Å²) in [5.41, 5.74) is 8.23. The molecule has 0 unspecified atom stereocenters. The van der Waals surface area contributed by atoms with E-state index in [0.29, 0.717) is 51.0 Å². The maximum Gasteiger partial charge on any atom is 0.262 e. The van der Waals surface area contributed by atoms with Crippen LogP contribution in [0.1, 0.15) is 70.9 Å². The Balaban J connectivity index is 1.42. The molecule has 23 heteroatoms. The number of hydrogen-bond donors (Lipinski definition) is 7. The molecule has 0 bridgehead atoms. The molecule has 3 saturated heterocycles. The SMILES string of the molecule is CC(C)C[C@@H](C=O)N[C@H]1C(=O)N(C)CCN1C(=O)[C@H](N[C@H](C=O)CC(C)C)N1CCN(C(=O)[C@H](N[C@H](C=O)Cc2c[nH]c3ccccc23)N2CCN(C)[C@@H](N[C@H](C=O)Cc3ccccc3)C2=O)[C@@H](N[C@H](C=O)CCCCN)C1=O. The van der Waals surface area contributed by atoms with Crippen molar-refractivity contribution in [3.05, 3.63) is 71.9 Å². The number of benzene rings is 2. The number of aromatic nitrogens is 1. The molecule has 3 aliphatic heterocycles. The molecule has 23 nitrogen and oxygen atoms in total. The number of aldehydes is 5. The zero-order valence-electron chi connectivity index (χ0n) is 46.3. The van der Waals surface area contributed by atoms with E-state index in [1.165, 1.54) is 24.5 Å². The molecule has 10 atom stereocenters. The van der Waals surface area contributed by atoms with Gasteiger partial charge < -0.3 is 59.2 Å². The van der Waals surface area contributed by atoms with Gasteiger partial charge in [0.1, 0.15) is 37.6 Å². The highest BCUT2D eigenvalue weighted by molar-refractivity contribution is 5.97. The van der Waals surface area contributed by atoms with E-state index in [4.69, 9.17) is 5.73 Å². The molecule has 3 fully saturated rings. The lowest BCUT2D eigenvalue weighted by Gasteiger charge is -2.49. The van der Waals surface area contributed by atoms with Gasteiger partial charge in [-0.25, -0.2) is 0 Å². The average Bonchev–Trinajstić information content (AvgIpc) is 3.88. The number of aromatic amines is 1. The van der Waals surface area contributed by atoms with Crippen LogP contribution in [0.25, 0.3) is 10.9 Å². The molecule has 6 rings (SSSR count). The normalized spacial score (nSPS) is 21.2. The second-order valence-corrected chi connectivity index (χ2v) is 21.7. The Bertz CT molecular complexity index is 2570. The standard InChI is InChI=1S/C56H81N13O10/c1-36(2)26-41(32-71)61-48-52(75)65(6)21-23-66(48)55(78)50(62-42(33-72)27-37(3)4)69-25-24-68(49(54(69)77)59-40(31-70)16-12-13-19-57)56(79)51(63-44(35-74)29-39-30-58-46-18-11-10-17-45(39)46)67-22-20-64(5)47(53(67)76)60-43(34-73)28-38-14-8-7-9-15-38/h7-11,14-15,17-18,30-37,40-44,47-51,58-63H,12-13,16,19-29,57H2,1-6H3/t40-,41-,42-,43-,44-,47+,48+,49+,50+,51+/m0/s1. The Hall–Kier alpha value is -6.60. The van der Waals surface area contributed by atoms with Gasteiger partial charge in [-0.2, -0.15) is 0 Å². The minimum atomic E-state index is -1.69. The first-order valence-electron chi connectivity index (χ1n) is 27.5. The first kappa shape index (κ1) is 61.6. The highest BCUT2D eigenvalue weighted by Gasteiger charge is 2.50. The minimum absolute atomic E-state index is 0.0126. The van der Waals surface area contributed by atoms with Gasteiger partial charge in [-0.05, 0) is 81.1 Å². The van der Waals surface area contributed by atoms with E-state index in [-0.39, 0.29) is 76.8 Å². The van der Waals surface area contributed by atoms with Crippen molar-refractivity contribution < 1.29 is 47.9 Å². The van der Waals surface area contributed by atoms with Crippen molar-refractivity contribution in [3.8, 4) is 0 Å². The Morgan fingerprint density at radius 3 is 1.72 bits per heavy atom. The summed E-state index contributed by atoms with van der Waals surface area (Å²) < 4.78 is 0. The summed E-state index contributed by atoms with van der Waals surface area (Å²) in [5.74, 6) is -3.56. The molecule has 430 valence electrons. The van der Waals surface area contributed by atoms with Gasteiger partial charge >= 0.3 is 0 Å². The van der Waals surface area contributed by atoms with Crippen LogP contribution in [-0.4, -0.2) is 216 Å². The Labute approximate surface area is 462 Å². The molecule has 8 N–H and O–H groups in total. The molecule has 2 aromatic carbocycles. The first-order valence-corrected chi connectivity index (χ1v) is 27.5. The number of carbonyl (C=O) groups excluding carboxylic acids is 10. The summed E-state index contributed by atoms with van der Waals surface area (Å²) in [6, 6.07) is 12.0. The number of para-hydroxylation sites is 1. The average molecular weight is 1100 g/mol. The van der Waals surface area contributed by atoms with Crippen molar-refractivity contribution >= 4 is 71.9 Å². The van der Waals surface area contributed by atoms with Crippen molar-refractivity contribution in [1.82, 2.24) is 61.0 Å². The number of fused-ring (bicyclic) bond motifs is 1. The van der Waals surface area contributed by atoms with Crippen LogP contribution in [0.4, 0.5) is 0 Å². The molecule has 79 heavy (non-hydrogen) atoms. The Morgan fingerprint density at radius 1 is 0.595 bits per heavy atom. The fourth-order valence-corrected chi connectivity index (χ4v) is 10.6. The van der Waals surface area contributed by atoms with Gasteiger partial charge in [0.05, 0.1) is 30.2 Å². The largest absolute Gasteiger partial charge is 0.361 e. The molecule has 3 aliphatic rings. The summed E-state index contributed by atoms with van der Waals surface area (Å²) in [5, 5.41) is 16.5. The van der Waals surface area contributed by atoms with Gasteiger partial charge in [-0.3, -0.25) is 55.5 Å². The van der Waals surface area contributed by atoms with E-state index >= 15 is 19.2 Å². The summed E-state index contributed by atoms with van der Waals surface area (Å²) in [4.78, 5) is 151. The van der Waals surface area contributed by atoms with Crippen LogP contribution >= 0.6 is 0 Å². The molecule has 3 aromatic rings. The lowest BCUT2D eigenvalue weighted by atomic mass is 10.0. The maximum absolute atomic E-state index is 15.8. The van der Waals surface area contributed by atoms with E-state index in [2.05, 4.69) is 31.6 Å². The fraction of sp³-hybridized carbons (Fsp3) is 0.571. The first-order chi connectivity index (χ1) is 38.0. The van der Waals surface area contributed by atoms with Crippen LogP contribution in [0.3, 0.4) is 0 Å². The second-order valence-electron chi connectivity index (χ2n) is 21.7. The zero-order chi connectivity index (χ0) is 57.3. The van der Waals surface area contributed by atoms with Gasteiger partial charge in [0.15, 0.2) is 24.7 Å². The van der Waals surface area contributed by atoms with Crippen LogP contribution in [0.15, 0.2) is 60.8 Å². The van der Waals surface area contributed by atoms with Gasteiger partial charge in [0, 0.05) is 63.4 Å². The molecule has 0 radical (unpaired) electrons. The Morgan fingerprint density at radius 2 is 1.11 bits per heavy atom. The number of unbranched alkanes of at least 4 members (excludes halogenated alkanes) is 1. The number of nitrogens with zero attached hydrogens (tertiary/aromatic N) is 6. The monoisotopic (exact) mass is 1100 g/mol. The third kappa shape index (κ3) is 15.8. The number of rotatable bonds is 31. The molecule has 0 spiro atoms. The number of carbonyl (C=O) groups is 10. The number of amides is 5. The van der Waals surface area contributed by atoms with E-state index in [0.717, 1.165) is 28.3 Å². The summed E-state index contributed by atoms with van der Waals surface area (Å²) in [6.45, 7) is 7.56. The zero-order valence-corrected chi connectivity index (χ0v) is 46.3. The number of hydrogen-bond acceptors (Lipinski definition) is 17. The maximum atomic E-state index is 15.8. The van der Waals surface area contributed by atoms with Crippen molar-refractivity contribution in [2.45, 2.75) is 134 Å². The topological polar surface area (TPSA) is 292 Å². The van der Waals surface area contributed by atoms with Crippen LogP contribution in [0.5, 0.6) is 0 Å². The third-order valence-corrected chi connectivity index (χ3v) is 14.8. The number of nitrogens with two attached hydrogens (primary N) is 1. The van der Waals surface area contributed by atoms with E-state index in [9.17, 15) is 28.8 Å². The van der Waals surface area contributed by atoms with Gasteiger partial charge in [-0.15, -0.1) is 0 Å². The highest BCUT2D eigenvalue weighted by Crippen LogP contribution is 2.24. The summed E-state index contributed by atoms with van der Waals surface area (Å²) in [7, 11) is 3.28. The molecule has 0 aliphatic carbocycles. The van der Waals surface area contributed by atoms with E-state index < -0.39 is 90.6 Å². The molecule has 1 aromatic heterocycles. The number of H-pyrrole nitrogens is 1. The molecule has 0 saturated carbocycles. The van der Waals surface area contributed by atoms with Gasteiger partial charge in [-0.1, -0.05) is 82.6 Å². The second kappa shape index (κ2) is 29.6. The van der Waals surface area contributed by atoms with Crippen LogP contribution in [0, 0.1) is 11.8 Å². The molecular weight excluding hydrogens is 1010 g/mol.